The Labute approximate surface area is 139 Å². The Morgan fingerprint density at radius 2 is 2.17 bits per heavy atom. The van der Waals surface area contributed by atoms with E-state index in [4.69, 9.17) is 12.2 Å². The summed E-state index contributed by atoms with van der Waals surface area (Å²) < 4.78 is 0.233. The molecule has 1 aliphatic carbocycles. The molecule has 3 aromatic rings. The van der Waals surface area contributed by atoms with Crippen LogP contribution in [-0.4, -0.2) is 20.9 Å². The number of amides is 1. The zero-order valence-electron chi connectivity index (χ0n) is 11.9. The predicted molar refractivity (Wildman–Crippen MR) is 91.8 cm³/mol. The van der Waals surface area contributed by atoms with Crippen LogP contribution in [-0.2, 0) is 12.8 Å². The van der Waals surface area contributed by atoms with Gasteiger partial charge in [-0.05, 0) is 49.7 Å². The van der Waals surface area contributed by atoms with E-state index in [1.165, 1.54) is 16.2 Å². The molecule has 2 aromatic heterocycles. The van der Waals surface area contributed by atoms with E-state index in [0.29, 0.717) is 21.6 Å². The van der Waals surface area contributed by atoms with E-state index in [2.05, 4.69) is 20.3 Å². The van der Waals surface area contributed by atoms with Crippen LogP contribution in [0.2, 0.25) is 0 Å². The molecule has 0 aliphatic heterocycles. The molecule has 0 atom stereocenters. The fraction of sp³-hybridized carbons (Fsp3) is 0.200. The summed E-state index contributed by atoms with van der Waals surface area (Å²) >= 11 is 6.49. The van der Waals surface area contributed by atoms with Gasteiger partial charge in [-0.25, -0.2) is 4.98 Å². The quantitative estimate of drug-likeness (QED) is 0.624. The number of hydrogen-bond donors (Lipinski definition) is 3. The number of carbonyl (C=O) groups is 1. The van der Waals surface area contributed by atoms with Gasteiger partial charge in [0.15, 0.2) is 9.90 Å². The predicted octanol–water partition coefficient (Wildman–Crippen LogP) is 2.78. The summed E-state index contributed by atoms with van der Waals surface area (Å²) in [7, 11) is 0. The number of rotatable bonds is 2. The van der Waals surface area contributed by atoms with Crippen molar-refractivity contribution >= 4 is 45.5 Å². The fourth-order valence-electron chi connectivity index (χ4n) is 2.72. The molecule has 4 rings (SSSR count). The van der Waals surface area contributed by atoms with Gasteiger partial charge in [0.1, 0.15) is 0 Å². The smallest absolute Gasteiger partial charge is 0.259 e. The Hall–Kier alpha value is -2.32. The summed E-state index contributed by atoms with van der Waals surface area (Å²) in [6.07, 6.45) is 3.16. The lowest BCUT2D eigenvalue weighted by molar-refractivity contribution is 0.102. The number of nitrogens with one attached hydrogen (secondary N) is 3. The van der Waals surface area contributed by atoms with Crippen LogP contribution < -0.4 is 10.9 Å². The van der Waals surface area contributed by atoms with Crippen molar-refractivity contribution in [1.82, 2.24) is 15.0 Å². The molecular formula is C15H12N4O2S2. The normalized spacial score (nSPS) is 13.2. The summed E-state index contributed by atoms with van der Waals surface area (Å²) in [6, 6.07) is 4.85. The molecule has 1 aromatic carbocycles. The lowest BCUT2D eigenvalue weighted by Crippen LogP contribution is -2.13. The van der Waals surface area contributed by atoms with Crippen LogP contribution in [0.15, 0.2) is 23.0 Å². The lowest BCUT2D eigenvalue weighted by Gasteiger charge is -2.04. The Morgan fingerprint density at radius 3 is 3.00 bits per heavy atom. The number of nitrogens with zero attached hydrogens (tertiary/aromatic N) is 1. The van der Waals surface area contributed by atoms with Crippen LogP contribution in [0.5, 0.6) is 0 Å². The highest BCUT2D eigenvalue weighted by Crippen LogP contribution is 2.30. The van der Waals surface area contributed by atoms with Crippen molar-refractivity contribution in [2.24, 2.45) is 0 Å². The monoisotopic (exact) mass is 344 g/mol. The van der Waals surface area contributed by atoms with Gasteiger partial charge >= 0.3 is 0 Å². The molecule has 1 amide bonds. The van der Waals surface area contributed by atoms with Gasteiger partial charge in [-0.15, -0.1) is 11.3 Å². The van der Waals surface area contributed by atoms with Crippen LogP contribution in [0.4, 0.5) is 5.13 Å². The topological polar surface area (TPSA) is 90.6 Å². The van der Waals surface area contributed by atoms with Crippen molar-refractivity contribution in [3.05, 3.63) is 49.5 Å². The van der Waals surface area contributed by atoms with Gasteiger partial charge in [-0.1, -0.05) is 0 Å². The van der Waals surface area contributed by atoms with Crippen molar-refractivity contribution in [2.75, 3.05) is 5.32 Å². The van der Waals surface area contributed by atoms with Crippen molar-refractivity contribution in [3.8, 4) is 0 Å². The maximum Gasteiger partial charge on any atom is 0.259 e. The van der Waals surface area contributed by atoms with E-state index in [9.17, 15) is 9.59 Å². The zero-order valence-corrected chi connectivity index (χ0v) is 13.6. The maximum atomic E-state index is 12.4. The standard InChI is InChI=1S/C15H12N4O2S2/c20-12(19-15-17-9-2-1-3-11(9)23-15)7-4-5-8-10(6-7)16-14(22)18-13(8)21/h4-6H,1-3H2,(H,17,19,20)(H2,16,18,21,22). The third-order valence-corrected chi connectivity index (χ3v) is 5.09. The molecule has 1 aliphatic rings. The minimum Gasteiger partial charge on any atom is -0.332 e. The molecule has 0 saturated heterocycles. The first-order chi connectivity index (χ1) is 11.1. The van der Waals surface area contributed by atoms with E-state index in [0.717, 1.165) is 25.0 Å². The Bertz CT molecular complexity index is 1030. The second kappa shape index (κ2) is 5.39. The number of thiazole rings is 1. The molecule has 0 unspecified atom stereocenters. The van der Waals surface area contributed by atoms with Crippen LogP contribution in [0.1, 0.15) is 27.3 Å². The second-order valence-corrected chi connectivity index (χ2v) is 6.86. The van der Waals surface area contributed by atoms with Crippen LogP contribution in [0.3, 0.4) is 0 Å². The number of carbonyl (C=O) groups excluding carboxylic acids is 1. The average Bonchev–Trinajstić information content (AvgIpc) is 3.07. The van der Waals surface area contributed by atoms with Crippen molar-refractivity contribution in [1.29, 1.82) is 0 Å². The van der Waals surface area contributed by atoms with Crippen LogP contribution in [0.25, 0.3) is 10.9 Å². The maximum absolute atomic E-state index is 12.4. The Morgan fingerprint density at radius 1 is 1.30 bits per heavy atom. The van der Waals surface area contributed by atoms with E-state index < -0.39 is 0 Å². The second-order valence-electron chi connectivity index (χ2n) is 5.37. The molecule has 0 bridgehead atoms. The van der Waals surface area contributed by atoms with E-state index >= 15 is 0 Å². The summed E-state index contributed by atoms with van der Waals surface area (Å²) in [5.74, 6) is -0.251. The van der Waals surface area contributed by atoms with Gasteiger partial charge in [0, 0.05) is 10.4 Å². The zero-order chi connectivity index (χ0) is 16.0. The first kappa shape index (κ1) is 14.3. The molecule has 6 nitrogen and oxygen atoms in total. The molecule has 2 heterocycles. The Balaban J connectivity index is 1.66. The largest absolute Gasteiger partial charge is 0.332 e. The molecule has 0 saturated carbocycles. The fourth-order valence-corrected chi connectivity index (χ4v) is 3.97. The molecule has 116 valence electrons. The molecule has 3 N–H and O–H groups in total. The third-order valence-electron chi connectivity index (χ3n) is 3.82. The number of aromatic nitrogens is 3. The summed E-state index contributed by atoms with van der Waals surface area (Å²) in [5.41, 5.74) is 1.81. The molecule has 8 heteroatoms. The number of H-pyrrole nitrogens is 2. The molecular weight excluding hydrogens is 332 g/mol. The third kappa shape index (κ3) is 2.60. The van der Waals surface area contributed by atoms with E-state index in [-0.39, 0.29) is 16.2 Å². The van der Waals surface area contributed by atoms with Crippen molar-refractivity contribution in [2.45, 2.75) is 19.3 Å². The molecule has 23 heavy (non-hydrogen) atoms. The summed E-state index contributed by atoms with van der Waals surface area (Å²) in [5, 5.41) is 3.91. The van der Waals surface area contributed by atoms with Crippen molar-refractivity contribution in [3.63, 3.8) is 0 Å². The van der Waals surface area contributed by atoms with E-state index in [1.54, 1.807) is 18.2 Å². The van der Waals surface area contributed by atoms with Crippen LogP contribution in [0, 0.1) is 4.77 Å². The van der Waals surface area contributed by atoms with Gasteiger partial charge < -0.3 is 4.98 Å². The van der Waals surface area contributed by atoms with Gasteiger partial charge in [-0.2, -0.15) is 0 Å². The number of aromatic amines is 2. The minimum atomic E-state index is -0.271. The van der Waals surface area contributed by atoms with E-state index in [1.807, 2.05) is 0 Å². The SMILES string of the molecule is O=C(Nc1nc2c(s1)CCC2)c1ccc2c(=O)[nH]c(=S)[nH]c2c1. The number of hydrogen-bond acceptors (Lipinski definition) is 5. The number of fused-ring (bicyclic) bond motifs is 2. The van der Waals surface area contributed by atoms with Gasteiger partial charge in [-0.3, -0.25) is 19.9 Å². The molecule has 0 radical (unpaired) electrons. The first-order valence-corrected chi connectivity index (χ1v) is 8.39. The number of anilines is 1. The average molecular weight is 344 g/mol. The van der Waals surface area contributed by atoms with Gasteiger partial charge in [0.25, 0.3) is 11.5 Å². The minimum absolute atomic E-state index is 0.233. The highest BCUT2D eigenvalue weighted by atomic mass is 32.1. The highest BCUT2D eigenvalue weighted by Gasteiger charge is 2.18. The Kier molecular flexibility index (Phi) is 3.35. The van der Waals surface area contributed by atoms with Gasteiger partial charge in [0.2, 0.25) is 0 Å². The molecule has 0 fully saturated rings. The summed E-state index contributed by atoms with van der Waals surface area (Å²) in [4.78, 5) is 35.3. The number of aryl methyl sites for hydroxylation is 2. The van der Waals surface area contributed by atoms with Crippen LogP contribution >= 0.6 is 23.6 Å². The lowest BCUT2D eigenvalue weighted by atomic mass is 10.1. The van der Waals surface area contributed by atoms with Gasteiger partial charge in [0.05, 0.1) is 16.6 Å². The number of benzene rings is 1. The van der Waals surface area contributed by atoms with Crippen molar-refractivity contribution < 1.29 is 4.79 Å². The first-order valence-electron chi connectivity index (χ1n) is 7.16. The highest BCUT2D eigenvalue weighted by molar-refractivity contribution is 7.71. The summed E-state index contributed by atoms with van der Waals surface area (Å²) in [6.45, 7) is 0. The molecule has 0 spiro atoms.